The fourth-order valence-corrected chi connectivity index (χ4v) is 2.32. The van der Waals surface area contributed by atoms with Gasteiger partial charge < -0.3 is 5.32 Å². The second-order valence-electron chi connectivity index (χ2n) is 4.41. The van der Waals surface area contributed by atoms with Crippen molar-refractivity contribution in [3.63, 3.8) is 0 Å². The number of hydrogen-bond donors (Lipinski definition) is 1. The Morgan fingerprint density at radius 3 is 2.59 bits per heavy atom. The second-order valence-corrected chi connectivity index (χ2v) is 4.41. The van der Waals surface area contributed by atoms with Gasteiger partial charge in [-0.1, -0.05) is 48.0 Å². The molecule has 0 aromatic heterocycles. The molecule has 1 N–H and O–H groups in total. The van der Waals surface area contributed by atoms with E-state index < -0.39 is 0 Å². The number of nitrogens with one attached hydrogen (secondary N) is 1. The molecule has 2 aromatic rings. The molecule has 1 unspecified atom stereocenters. The number of carbonyl (C=O) groups excluding carboxylic acids is 1. The van der Waals surface area contributed by atoms with Crippen LogP contribution >= 0.6 is 0 Å². The van der Waals surface area contributed by atoms with Gasteiger partial charge in [0.05, 0.1) is 6.04 Å². The third-order valence-electron chi connectivity index (χ3n) is 3.17. The molecule has 17 heavy (non-hydrogen) atoms. The molecule has 2 aromatic carbocycles. The minimum atomic E-state index is -0.00130. The van der Waals surface area contributed by atoms with Crippen molar-refractivity contribution in [2.75, 3.05) is 0 Å². The second kappa shape index (κ2) is 3.74. The van der Waals surface area contributed by atoms with Crippen LogP contribution < -0.4 is 5.32 Å². The monoisotopic (exact) mass is 223 g/mol. The van der Waals surface area contributed by atoms with E-state index in [2.05, 4.69) is 11.4 Å². The summed E-state index contributed by atoms with van der Waals surface area (Å²) in [7, 11) is 0. The highest BCUT2D eigenvalue weighted by Crippen LogP contribution is 2.31. The molecule has 1 aliphatic heterocycles. The first-order valence-corrected chi connectivity index (χ1v) is 5.72. The Morgan fingerprint density at radius 1 is 1.06 bits per heavy atom. The number of aryl methyl sites for hydroxylation is 1. The summed E-state index contributed by atoms with van der Waals surface area (Å²) >= 11 is 0. The van der Waals surface area contributed by atoms with Crippen molar-refractivity contribution in [2.45, 2.75) is 13.0 Å². The van der Waals surface area contributed by atoms with Crippen LogP contribution in [0.3, 0.4) is 0 Å². The smallest absolute Gasteiger partial charge is 0.252 e. The molecule has 1 amide bonds. The van der Waals surface area contributed by atoms with Gasteiger partial charge in [0, 0.05) is 5.56 Å². The van der Waals surface area contributed by atoms with E-state index in [0.29, 0.717) is 0 Å². The van der Waals surface area contributed by atoms with E-state index in [1.54, 1.807) is 0 Å². The molecule has 1 atom stereocenters. The Kier molecular flexibility index (Phi) is 2.22. The Morgan fingerprint density at radius 2 is 1.82 bits per heavy atom. The third-order valence-corrected chi connectivity index (χ3v) is 3.17. The number of fused-ring (bicyclic) bond motifs is 1. The fourth-order valence-electron chi connectivity index (χ4n) is 2.32. The van der Waals surface area contributed by atoms with Gasteiger partial charge in [-0.15, -0.1) is 0 Å². The lowest BCUT2D eigenvalue weighted by molar-refractivity contribution is 0.0960. The Balaban J connectivity index is 2.13. The molecule has 0 saturated heterocycles. The molecular weight excluding hydrogens is 210 g/mol. The van der Waals surface area contributed by atoms with Gasteiger partial charge in [-0.2, -0.15) is 0 Å². The Hall–Kier alpha value is -2.09. The largest absolute Gasteiger partial charge is 0.341 e. The molecule has 0 aliphatic carbocycles. The van der Waals surface area contributed by atoms with Gasteiger partial charge in [0.2, 0.25) is 0 Å². The van der Waals surface area contributed by atoms with Crippen LogP contribution in [-0.4, -0.2) is 5.91 Å². The highest BCUT2D eigenvalue weighted by Gasteiger charge is 2.29. The summed E-state index contributed by atoms with van der Waals surface area (Å²) in [6.45, 7) is 2.05. The predicted octanol–water partition coefficient (Wildman–Crippen LogP) is 2.83. The van der Waals surface area contributed by atoms with Gasteiger partial charge in [0.15, 0.2) is 0 Å². The van der Waals surface area contributed by atoms with Crippen LogP contribution in [0.4, 0.5) is 0 Å². The summed E-state index contributed by atoms with van der Waals surface area (Å²) in [5.41, 5.74) is 4.19. The summed E-state index contributed by atoms with van der Waals surface area (Å²) in [6, 6.07) is 16.0. The summed E-state index contributed by atoms with van der Waals surface area (Å²) < 4.78 is 0. The zero-order chi connectivity index (χ0) is 11.8. The molecule has 0 saturated carbocycles. The third kappa shape index (κ3) is 1.62. The van der Waals surface area contributed by atoms with Crippen LogP contribution in [0.15, 0.2) is 48.5 Å². The summed E-state index contributed by atoms with van der Waals surface area (Å²) in [4.78, 5) is 11.8. The maximum absolute atomic E-state index is 11.8. The number of amides is 1. The van der Waals surface area contributed by atoms with Crippen molar-refractivity contribution in [3.05, 3.63) is 70.8 Å². The minimum absolute atomic E-state index is 0.00130. The van der Waals surface area contributed by atoms with Crippen molar-refractivity contribution in [2.24, 2.45) is 0 Å². The van der Waals surface area contributed by atoms with Gasteiger partial charge in [-0.05, 0) is 24.1 Å². The first-order valence-electron chi connectivity index (χ1n) is 5.72. The van der Waals surface area contributed by atoms with E-state index >= 15 is 0 Å². The molecule has 0 radical (unpaired) electrons. The van der Waals surface area contributed by atoms with Crippen molar-refractivity contribution in [1.29, 1.82) is 0 Å². The van der Waals surface area contributed by atoms with E-state index in [1.165, 1.54) is 5.56 Å². The van der Waals surface area contributed by atoms with E-state index in [1.807, 2.05) is 49.4 Å². The lowest BCUT2D eigenvalue weighted by atomic mass is 9.97. The van der Waals surface area contributed by atoms with E-state index in [0.717, 1.165) is 16.7 Å². The Labute approximate surface area is 100 Å². The lowest BCUT2D eigenvalue weighted by Gasteiger charge is -2.12. The van der Waals surface area contributed by atoms with Crippen molar-refractivity contribution >= 4 is 5.91 Å². The molecule has 84 valence electrons. The molecule has 0 spiro atoms. The molecule has 2 nitrogen and oxygen atoms in total. The van der Waals surface area contributed by atoms with Crippen molar-refractivity contribution in [3.8, 4) is 0 Å². The molecular formula is C15H13NO. The summed E-state index contributed by atoms with van der Waals surface area (Å²) in [5, 5.41) is 3.02. The standard InChI is InChI=1S/C15H13NO/c1-10-7-8-12-13(9-10)14(16-15(12)17)11-5-3-2-4-6-11/h2-9,14H,1H3,(H,16,17). The molecule has 1 heterocycles. The van der Waals surface area contributed by atoms with E-state index in [9.17, 15) is 4.79 Å². The average Bonchev–Trinajstić information content (AvgIpc) is 2.67. The maximum atomic E-state index is 11.8. The first kappa shape index (κ1) is 10.1. The normalized spacial score (nSPS) is 17.7. The van der Waals surface area contributed by atoms with E-state index in [4.69, 9.17) is 0 Å². The number of carbonyl (C=O) groups is 1. The molecule has 0 fully saturated rings. The topological polar surface area (TPSA) is 29.1 Å². The number of rotatable bonds is 1. The molecule has 1 aliphatic rings. The Bertz CT molecular complexity index is 575. The van der Waals surface area contributed by atoms with Crippen LogP contribution in [0.2, 0.25) is 0 Å². The van der Waals surface area contributed by atoms with Gasteiger partial charge in [-0.25, -0.2) is 0 Å². The zero-order valence-corrected chi connectivity index (χ0v) is 9.60. The maximum Gasteiger partial charge on any atom is 0.252 e. The molecule has 0 bridgehead atoms. The SMILES string of the molecule is Cc1ccc2c(c1)C(c1ccccc1)NC2=O. The van der Waals surface area contributed by atoms with Crippen LogP contribution in [0.5, 0.6) is 0 Å². The minimum Gasteiger partial charge on any atom is -0.341 e. The van der Waals surface area contributed by atoms with Crippen molar-refractivity contribution < 1.29 is 4.79 Å². The first-order chi connectivity index (χ1) is 8.25. The van der Waals surface area contributed by atoms with Gasteiger partial charge in [0.25, 0.3) is 5.91 Å². The lowest BCUT2D eigenvalue weighted by Crippen LogP contribution is -2.19. The number of benzene rings is 2. The number of hydrogen-bond acceptors (Lipinski definition) is 1. The van der Waals surface area contributed by atoms with Gasteiger partial charge >= 0.3 is 0 Å². The van der Waals surface area contributed by atoms with Gasteiger partial charge in [0.1, 0.15) is 0 Å². The average molecular weight is 223 g/mol. The molecule has 3 rings (SSSR count). The van der Waals surface area contributed by atoms with Crippen molar-refractivity contribution in [1.82, 2.24) is 5.32 Å². The highest BCUT2D eigenvalue weighted by molar-refractivity contribution is 5.99. The summed E-state index contributed by atoms with van der Waals surface area (Å²) in [5.74, 6) is 0.0221. The fraction of sp³-hybridized carbons (Fsp3) is 0.133. The van der Waals surface area contributed by atoms with Crippen LogP contribution in [0.1, 0.15) is 33.1 Å². The quantitative estimate of drug-likeness (QED) is 0.791. The molecule has 2 heteroatoms. The predicted molar refractivity (Wildman–Crippen MR) is 66.9 cm³/mol. The van der Waals surface area contributed by atoms with Crippen LogP contribution in [0.25, 0.3) is 0 Å². The van der Waals surface area contributed by atoms with E-state index in [-0.39, 0.29) is 11.9 Å². The van der Waals surface area contributed by atoms with Crippen LogP contribution in [0, 0.1) is 6.92 Å². The summed E-state index contributed by atoms with van der Waals surface area (Å²) in [6.07, 6.45) is 0. The van der Waals surface area contributed by atoms with Crippen LogP contribution in [-0.2, 0) is 0 Å². The van der Waals surface area contributed by atoms with Gasteiger partial charge in [-0.3, -0.25) is 4.79 Å². The highest BCUT2D eigenvalue weighted by atomic mass is 16.2. The zero-order valence-electron chi connectivity index (χ0n) is 9.60.